The Labute approximate surface area is 120 Å². The Balaban J connectivity index is 1.83. The number of benzene rings is 2. The highest BCUT2D eigenvalue weighted by Crippen LogP contribution is 2.28. The van der Waals surface area contributed by atoms with Crippen LogP contribution in [0.2, 0.25) is 0 Å². The lowest BCUT2D eigenvalue weighted by Crippen LogP contribution is -2.11. The molecule has 0 saturated carbocycles. The lowest BCUT2D eigenvalue weighted by molar-refractivity contribution is 0.102. The van der Waals surface area contributed by atoms with Crippen molar-refractivity contribution in [2.75, 3.05) is 12.4 Å². The number of anilines is 1. The number of carbonyl (C=O) groups excluding carboxylic acids is 1. The predicted molar refractivity (Wildman–Crippen MR) is 78.7 cm³/mol. The Hall–Kier alpha value is -3.02. The smallest absolute Gasteiger partial charge is 0.255 e. The number of aromatic hydroxyl groups is 1. The second-order valence-corrected chi connectivity index (χ2v) is 4.51. The molecule has 0 saturated heterocycles. The molecule has 6 heteroatoms. The zero-order valence-corrected chi connectivity index (χ0v) is 11.3. The molecule has 0 atom stereocenters. The molecule has 3 rings (SSSR count). The lowest BCUT2D eigenvalue weighted by atomic mass is 10.1. The molecule has 6 nitrogen and oxygen atoms in total. The number of ether oxygens (including phenoxy) is 1. The third-order valence-electron chi connectivity index (χ3n) is 3.14. The number of carbonyl (C=O) groups is 1. The number of nitrogens with one attached hydrogen (secondary N) is 2. The van der Waals surface area contributed by atoms with Crippen molar-refractivity contribution in [2.24, 2.45) is 0 Å². The Morgan fingerprint density at radius 3 is 2.90 bits per heavy atom. The number of rotatable bonds is 3. The van der Waals surface area contributed by atoms with E-state index in [-0.39, 0.29) is 11.7 Å². The average Bonchev–Trinajstić information content (AvgIpc) is 2.94. The number of amides is 1. The fraction of sp³-hybridized carbons (Fsp3) is 0.0667. The minimum Gasteiger partial charge on any atom is -0.504 e. The molecule has 1 amide bonds. The number of aromatic amines is 1. The number of fused-ring (bicyclic) bond motifs is 1. The van der Waals surface area contributed by atoms with E-state index >= 15 is 0 Å². The molecule has 3 N–H and O–H groups in total. The molecule has 0 fully saturated rings. The molecule has 2 aromatic carbocycles. The maximum Gasteiger partial charge on any atom is 0.255 e. The van der Waals surface area contributed by atoms with Gasteiger partial charge in [-0.3, -0.25) is 9.89 Å². The van der Waals surface area contributed by atoms with Crippen LogP contribution in [0, 0.1) is 0 Å². The van der Waals surface area contributed by atoms with Crippen LogP contribution in [-0.2, 0) is 0 Å². The quantitative estimate of drug-likeness (QED) is 0.689. The maximum absolute atomic E-state index is 12.2. The van der Waals surface area contributed by atoms with Gasteiger partial charge in [0.1, 0.15) is 0 Å². The molecule has 1 heterocycles. The van der Waals surface area contributed by atoms with E-state index in [1.807, 2.05) is 6.07 Å². The number of hydrogen-bond donors (Lipinski definition) is 3. The van der Waals surface area contributed by atoms with E-state index in [2.05, 4.69) is 15.5 Å². The summed E-state index contributed by atoms with van der Waals surface area (Å²) in [6, 6.07) is 9.94. The van der Waals surface area contributed by atoms with Crippen molar-refractivity contribution in [2.45, 2.75) is 0 Å². The Kier molecular flexibility index (Phi) is 3.19. The van der Waals surface area contributed by atoms with Crippen LogP contribution in [0.5, 0.6) is 11.5 Å². The third kappa shape index (κ3) is 2.51. The minimum atomic E-state index is -0.268. The number of hydrogen-bond acceptors (Lipinski definition) is 4. The number of nitrogens with zero attached hydrogens (tertiary/aromatic N) is 1. The van der Waals surface area contributed by atoms with Gasteiger partial charge >= 0.3 is 0 Å². The number of methoxy groups -OCH3 is 1. The molecular formula is C15H13N3O3. The van der Waals surface area contributed by atoms with Gasteiger partial charge in [-0.05, 0) is 24.3 Å². The van der Waals surface area contributed by atoms with Crippen LogP contribution in [0.25, 0.3) is 10.9 Å². The Morgan fingerprint density at radius 1 is 1.29 bits per heavy atom. The summed E-state index contributed by atoms with van der Waals surface area (Å²) < 4.78 is 4.96. The van der Waals surface area contributed by atoms with Gasteiger partial charge in [0.2, 0.25) is 0 Å². The fourth-order valence-corrected chi connectivity index (χ4v) is 2.05. The summed E-state index contributed by atoms with van der Waals surface area (Å²) in [4.78, 5) is 12.2. The van der Waals surface area contributed by atoms with E-state index in [1.54, 1.807) is 30.5 Å². The van der Waals surface area contributed by atoms with Crippen LogP contribution < -0.4 is 10.1 Å². The van der Waals surface area contributed by atoms with Crippen LogP contribution in [0.15, 0.2) is 42.6 Å². The number of H-pyrrole nitrogens is 1. The van der Waals surface area contributed by atoms with Crippen molar-refractivity contribution in [1.29, 1.82) is 0 Å². The zero-order chi connectivity index (χ0) is 14.8. The molecule has 0 radical (unpaired) electrons. The van der Waals surface area contributed by atoms with E-state index in [1.165, 1.54) is 13.2 Å². The number of phenolic OH excluding ortho intramolecular Hbond substituents is 1. The van der Waals surface area contributed by atoms with Crippen LogP contribution in [0.4, 0.5) is 5.69 Å². The van der Waals surface area contributed by atoms with Crippen molar-refractivity contribution in [3.05, 3.63) is 48.2 Å². The molecule has 0 aliphatic carbocycles. The summed E-state index contributed by atoms with van der Waals surface area (Å²) in [6.07, 6.45) is 1.69. The molecule has 0 unspecified atom stereocenters. The van der Waals surface area contributed by atoms with E-state index < -0.39 is 0 Å². The first-order valence-corrected chi connectivity index (χ1v) is 6.29. The third-order valence-corrected chi connectivity index (χ3v) is 3.14. The summed E-state index contributed by atoms with van der Waals surface area (Å²) in [6.45, 7) is 0. The topological polar surface area (TPSA) is 87.2 Å². The summed E-state index contributed by atoms with van der Waals surface area (Å²) in [5, 5.41) is 20.1. The van der Waals surface area contributed by atoms with Gasteiger partial charge in [0.15, 0.2) is 11.5 Å². The monoisotopic (exact) mass is 283 g/mol. The standard InChI is InChI=1S/C15H13N3O3/c1-21-14-5-4-11(7-13(14)19)17-15(20)9-2-3-10-8-16-18-12(10)6-9/h2-8,19H,1H3,(H,16,18)(H,17,20). The van der Waals surface area contributed by atoms with Crippen molar-refractivity contribution in [3.63, 3.8) is 0 Å². The molecule has 1 aromatic heterocycles. The first-order valence-electron chi connectivity index (χ1n) is 6.29. The van der Waals surface area contributed by atoms with Crippen molar-refractivity contribution < 1.29 is 14.6 Å². The summed E-state index contributed by atoms with van der Waals surface area (Å²) in [5.74, 6) is 0.0577. The van der Waals surface area contributed by atoms with E-state index in [9.17, 15) is 9.90 Å². The summed E-state index contributed by atoms with van der Waals surface area (Å²) in [7, 11) is 1.47. The zero-order valence-electron chi connectivity index (χ0n) is 11.3. The van der Waals surface area contributed by atoms with Gasteiger partial charge in [0.25, 0.3) is 5.91 Å². The average molecular weight is 283 g/mol. The highest BCUT2D eigenvalue weighted by Gasteiger charge is 2.09. The van der Waals surface area contributed by atoms with Gasteiger partial charge < -0.3 is 15.2 Å². The van der Waals surface area contributed by atoms with Gasteiger partial charge in [-0.15, -0.1) is 0 Å². The van der Waals surface area contributed by atoms with Gasteiger partial charge in [0.05, 0.1) is 18.8 Å². The van der Waals surface area contributed by atoms with Crippen molar-refractivity contribution in [3.8, 4) is 11.5 Å². The van der Waals surface area contributed by atoms with Gasteiger partial charge in [-0.2, -0.15) is 5.10 Å². The summed E-state index contributed by atoms with van der Waals surface area (Å²) in [5.41, 5.74) is 1.78. The highest BCUT2D eigenvalue weighted by atomic mass is 16.5. The first-order chi connectivity index (χ1) is 10.2. The van der Waals surface area contributed by atoms with E-state index in [4.69, 9.17) is 4.74 Å². The van der Waals surface area contributed by atoms with Crippen LogP contribution >= 0.6 is 0 Å². The lowest BCUT2D eigenvalue weighted by Gasteiger charge is -2.08. The molecule has 21 heavy (non-hydrogen) atoms. The molecule has 0 bridgehead atoms. The highest BCUT2D eigenvalue weighted by molar-refractivity contribution is 6.06. The molecule has 0 aliphatic rings. The second kappa shape index (κ2) is 5.16. The Morgan fingerprint density at radius 2 is 2.14 bits per heavy atom. The molecular weight excluding hydrogens is 270 g/mol. The second-order valence-electron chi connectivity index (χ2n) is 4.51. The van der Waals surface area contributed by atoms with E-state index in [0.29, 0.717) is 17.0 Å². The molecule has 0 spiro atoms. The largest absolute Gasteiger partial charge is 0.504 e. The predicted octanol–water partition coefficient (Wildman–Crippen LogP) is 2.53. The van der Waals surface area contributed by atoms with Crippen LogP contribution in [0.1, 0.15) is 10.4 Å². The first kappa shape index (κ1) is 13.0. The van der Waals surface area contributed by atoms with Crippen molar-refractivity contribution in [1.82, 2.24) is 10.2 Å². The van der Waals surface area contributed by atoms with Gasteiger partial charge in [0, 0.05) is 22.7 Å². The number of aromatic nitrogens is 2. The van der Waals surface area contributed by atoms with Gasteiger partial charge in [-0.25, -0.2) is 0 Å². The normalized spacial score (nSPS) is 10.5. The van der Waals surface area contributed by atoms with Gasteiger partial charge in [-0.1, -0.05) is 6.07 Å². The molecule has 3 aromatic rings. The number of phenols is 1. The van der Waals surface area contributed by atoms with Crippen LogP contribution in [0.3, 0.4) is 0 Å². The maximum atomic E-state index is 12.2. The molecule has 0 aliphatic heterocycles. The Bertz CT molecular complexity index is 811. The summed E-state index contributed by atoms with van der Waals surface area (Å²) >= 11 is 0. The fourth-order valence-electron chi connectivity index (χ4n) is 2.05. The molecule has 106 valence electrons. The SMILES string of the molecule is COc1ccc(NC(=O)c2ccc3cn[nH]c3c2)cc1O. The van der Waals surface area contributed by atoms with E-state index in [0.717, 1.165) is 10.9 Å². The minimum absolute atomic E-state index is 0.0284. The van der Waals surface area contributed by atoms with Crippen LogP contribution in [-0.4, -0.2) is 28.3 Å². The van der Waals surface area contributed by atoms with Crippen molar-refractivity contribution >= 4 is 22.5 Å².